The fraction of sp³-hybridized carbons (Fsp3) is 0.533. The second-order valence-electron chi connectivity index (χ2n) is 4.29. The summed E-state index contributed by atoms with van der Waals surface area (Å²) in [5, 5.41) is 3.25. The van der Waals surface area contributed by atoms with Gasteiger partial charge in [0.1, 0.15) is 5.75 Å². The summed E-state index contributed by atoms with van der Waals surface area (Å²) in [4.78, 5) is 11.3. The van der Waals surface area contributed by atoms with E-state index in [0.717, 1.165) is 25.9 Å². The molecule has 0 saturated heterocycles. The van der Waals surface area contributed by atoms with Gasteiger partial charge >= 0.3 is 5.97 Å². The molecule has 0 amide bonds. The van der Waals surface area contributed by atoms with Gasteiger partial charge in [0.25, 0.3) is 0 Å². The Labute approximate surface area is 115 Å². The molecule has 1 rings (SSSR count). The number of carbonyl (C=O) groups is 1. The van der Waals surface area contributed by atoms with Crippen LogP contribution in [0.15, 0.2) is 24.3 Å². The van der Waals surface area contributed by atoms with Gasteiger partial charge in [0.05, 0.1) is 6.61 Å². The minimum Gasteiger partial charge on any atom is -0.482 e. The first-order valence-electron chi connectivity index (χ1n) is 6.84. The Morgan fingerprint density at radius 1 is 1.21 bits per heavy atom. The zero-order chi connectivity index (χ0) is 13.9. The van der Waals surface area contributed by atoms with Gasteiger partial charge in [-0.15, -0.1) is 0 Å². The van der Waals surface area contributed by atoms with Gasteiger partial charge in [-0.25, -0.2) is 4.79 Å². The number of hydrogen-bond acceptors (Lipinski definition) is 4. The highest BCUT2D eigenvalue weighted by Gasteiger charge is 2.03. The zero-order valence-electron chi connectivity index (χ0n) is 11.8. The summed E-state index contributed by atoms with van der Waals surface area (Å²) in [5.74, 6) is 0.373. The maximum absolute atomic E-state index is 11.3. The van der Waals surface area contributed by atoms with Crippen LogP contribution in [-0.2, 0) is 16.1 Å². The van der Waals surface area contributed by atoms with Gasteiger partial charge in [-0.2, -0.15) is 0 Å². The Hall–Kier alpha value is -1.55. The summed E-state index contributed by atoms with van der Waals surface area (Å²) < 4.78 is 10.4. The van der Waals surface area contributed by atoms with E-state index < -0.39 is 0 Å². The average Bonchev–Trinajstić information content (AvgIpc) is 2.44. The standard InChI is InChI=1S/C15H23NO3/c1-3-5-10-18-15(17)12-19-14-8-6-13(7-9-14)11-16-4-2/h6-9,16H,3-5,10-12H2,1-2H3. The molecule has 19 heavy (non-hydrogen) atoms. The summed E-state index contributed by atoms with van der Waals surface area (Å²) in [7, 11) is 0. The van der Waals surface area contributed by atoms with Gasteiger partial charge in [-0.05, 0) is 30.7 Å². The molecule has 106 valence electrons. The van der Waals surface area contributed by atoms with Gasteiger partial charge in [0.2, 0.25) is 0 Å². The number of hydrogen-bond donors (Lipinski definition) is 1. The van der Waals surface area contributed by atoms with Crippen molar-refractivity contribution in [3.63, 3.8) is 0 Å². The Morgan fingerprint density at radius 2 is 1.95 bits per heavy atom. The number of ether oxygens (including phenoxy) is 2. The molecule has 0 radical (unpaired) electrons. The lowest BCUT2D eigenvalue weighted by molar-refractivity contribution is -0.146. The van der Waals surface area contributed by atoms with Crippen molar-refractivity contribution in [1.82, 2.24) is 5.32 Å². The van der Waals surface area contributed by atoms with Crippen LogP contribution in [0.3, 0.4) is 0 Å². The second kappa shape index (κ2) is 9.39. The number of unbranched alkanes of at least 4 members (excludes halogenated alkanes) is 1. The number of benzene rings is 1. The van der Waals surface area contributed by atoms with Crippen LogP contribution in [0.25, 0.3) is 0 Å². The van der Waals surface area contributed by atoms with Crippen LogP contribution in [-0.4, -0.2) is 25.7 Å². The maximum Gasteiger partial charge on any atom is 0.344 e. The summed E-state index contributed by atoms with van der Waals surface area (Å²) in [6.45, 7) is 6.36. The monoisotopic (exact) mass is 265 g/mol. The molecule has 4 nitrogen and oxygen atoms in total. The van der Waals surface area contributed by atoms with Crippen molar-refractivity contribution in [1.29, 1.82) is 0 Å². The van der Waals surface area contributed by atoms with E-state index in [9.17, 15) is 4.79 Å². The third kappa shape index (κ3) is 6.82. The van der Waals surface area contributed by atoms with Crippen LogP contribution in [0.5, 0.6) is 5.75 Å². The topological polar surface area (TPSA) is 47.6 Å². The highest BCUT2D eigenvalue weighted by atomic mass is 16.6. The minimum atomic E-state index is -0.315. The van der Waals surface area contributed by atoms with Crippen molar-refractivity contribution in [3.05, 3.63) is 29.8 Å². The summed E-state index contributed by atoms with van der Waals surface area (Å²) in [5.41, 5.74) is 1.19. The molecule has 0 aliphatic rings. The molecule has 1 aromatic carbocycles. The first kappa shape index (κ1) is 15.5. The SMILES string of the molecule is CCCCOC(=O)COc1ccc(CNCC)cc1. The third-order valence-corrected chi connectivity index (χ3v) is 2.62. The number of esters is 1. The van der Waals surface area contributed by atoms with Crippen LogP contribution in [0.4, 0.5) is 0 Å². The third-order valence-electron chi connectivity index (χ3n) is 2.62. The molecule has 0 fully saturated rings. The predicted octanol–water partition coefficient (Wildman–Crippen LogP) is 2.52. The molecule has 0 spiro atoms. The Kier molecular flexibility index (Phi) is 7.66. The molecule has 0 saturated carbocycles. The van der Waals surface area contributed by atoms with Crippen molar-refractivity contribution in [2.24, 2.45) is 0 Å². The molecular weight excluding hydrogens is 242 g/mol. The zero-order valence-corrected chi connectivity index (χ0v) is 11.8. The molecule has 0 atom stereocenters. The normalized spacial score (nSPS) is 10.2. The highest BCUT2D eigenvalue weighted by molar-refractivity contribution is 5.71. The average molecular weight is 265 g/mol. The molecule has 4 heteroatoms. The second-order valence-corrected chi connectivity index (χ2v) is 4.29. The van der Waals surface area contributed by atoms with Gasteiger partial charge < -0.3 is 14.8 Å². The fourth-order valence-corrected chi connectivity index (χ4v) is 1.49. The lowest BCUT2D eigenvalue weighted by atomic mass is 10.2. The Balaban J connectivity index is 2.27. The quantitative estimate of drug-likeness (QED) is 0.550. The molecule has 0 aromatic heterocycles. The van der Waals surface area contributed by atoms with E-state index in [1.807, 2.05) is 24.3 Å². The Morgan fingerprint density at radius 3 is 2.58 bits per heavy atom. The van der Waals surface area contributed by atoms with Crippen molar-refractivity contribution >= 4 is 5.97 Å². The first-order chi connectivity index (χ1) is 9.26. The molecule has 1 N–H and O–H groups in total. The van der Waals surface area contributed by atoms with Crippen molar-refractivity contribution < 1.29 is 14.3 Å². The molecule has 0 bridgehead atoms. The highest BCUT2D eigenvalue weighted by Crippen LogP contribution is 2.12. The van der Waals surface area contributed by atoms with Crippen LogP contribution >= 0.6 is 0 Å². The van der Waals surface area contributed by atoms with Crippen LogP contribution in [0.2, 0.25) is 0 Å². The first-order valence-corrected chi connectivity index (χ1v) is 6.84. The molecular formula is C15H23NO3. The van der Waals surface area contributed by atoms with Crippen molar-refractivity contribution in [2.45, 2.75) is 33.2 Å². The van der Waals surface area contributed by atoms with E-state index in [-0.39, 0.29) is 12.6 Å². The maximum atomic E-state index is 11.3. The lowest BCUT2D eigenvalue weighted by Crippen LogP contribution is -2.15. The van der Waals surface area contributed by atoms with Crippen LogP contribution in [0.1, 0.15) is 32.3 Å². The van der Waals surface area contributed by atoms with Crippen molar-refractivity contribution in [2.75, 3.05) is 19.8 Å². The van der Waals surface area contributed by atoms with Gasteiger partial charge in [-0.3, -0.25) is 0 Å². The largest absolute Gasteiger partial charge is 0.482 e. The predicted molar refractivity (Wildman–Crippen MR) is 75.2 cm³/mol. The fourth-order valence-electron chi connectivity index (χ4n) is 1.49. The lowest BCUT2D eigenvalue weighted by Gasteiger charge is -2.07. The van der Waals surface area contributed by atoms with E-state index in [0.29, 0.717) is 12.4 Å². The molecule has 0 aliphatic carbocycles. The van der Waals surface area contributed by atoms with Gasteiger partial charge in [-0.1, -0.05) is 32.4 Å². The Bertz CT molecular complexity index is 362. The number of nitrogens with one attached hydrogen (secondary N) is 1. The van der Waals surface area contributed by atoms with Crippen LogP contribution < -0.4 is 10.1 Å². The van der Waals surface area contributed by atoms with Gasteiger partial charge in [0, 0.05) is 6.54 Å². The van der Waals surface area contributed by atoms with E-state index in [4.69, 9.17) is 9.47 Å². The summed E-state index contributed by atoms with van der Waals surface area (Å²) in [6, 6.07) is 7.71. The minimum absolute atomic E-state index is 0.0315. The van der Waals surface area contributed by atoms with E-state index in [2.05, 4.69) is 19.2 Å². The van der Waals surface area contributed by atoms with Crippen LogP contribution in [0, 0.1) is 0 Å². The van der Waals surface area contributed by atoms with E-state index in [1.54, 1.807) is 0 Å². The van der Waals surface area contributed by atoms with E-state index >= 15 is 0 Å². The van der Waals surface area contributed by atoms with E-state index in [1.165, 1.54) is 5.56 Å². The van der Waals surface area contributed by atoms with Gasteiger partial charge in [0.15, 0.2) is 6.61 Å². The smallest absolute Gasteiger partial charge is 0.344 e. The molecule has 0 aliphatic heterocycles. The summed E-state index contributed by atoms with van der Waals surface area (Å²) >= 11 is 0. The molecule has 1 aromatic rings. The number of carbonyl (C=O) groups excluding carboxylic acids is 1. The number of rotatable bonds is 9. The summed E-state index contributed by atoms with van der Waals surface area (Å²) in [6.07, 6.45) is 1.91. The molecule has 0 heterocycles. The van der Waals surface area contributed by atoms with Crippen molar-refractivity contribution in [3.8, 4) is 5.75 Å². The molecule has 0 unspecified atom stereocenters.